The lowest BCUT2D eigenvalue weighted by molar-refractivity contribution is -0.122. The standard InChI is InChI=1S/C12H24N2O/c13-10-6-5-9-12(15)14-11-7-3-1-2-4-8-11/h11H,1-10,13H2,(H,14,15). The first kappa shape index (κ1) is 12.5. The smallest absolute Gasteiger partial charge is 0.220 e. The van der Waals surface area contributed by atoms with Crippen molar-refractivity contribution in [3.63, 3.8) is 0 Å². The topological polar surface area (TPSA) is 55.1 Å². The van der Waals surface area contributed by atoms with Crippen molar-refractivity contribution in [3.8, 4) is 0 Å². The molecule has 3 N–H and O–H groups in total. The first-order valence-electron chi connectivity index (χ1n) is 6.32. The van der Waals surface area contributed by atoms with Crippen molar-refractivity contribution in [2.75, 3.05) is 6.54 Å². The highest BCUT2D eigenvalue weighted by Gasteiger charge is 2.13. The predicted molar refractivity (Wildman–Crippen MR) is 62.5 cm³/mol. The molecule has 0 spiro atoms. The van der Waals surface area contributed by atoms with Crippen molar-refractivity contribution in [2.24, 2.45) is 5.73 Å². The zero-order valence-corrected chi connectivity index (χ0v) is 9.63. The third kappa shape index (κ3) is 5.78. The fraction of sp³-hybridized carbons (Fsp3) is 0.917. The largest absolute Gasteiger partial charge is 0.353 e. The molecule has 0 unspecified atom stereocenters. The quantitative estimate of drug-likeness (QED) is 0.540. The lowest BCUT2D eigenvalue weighted by atomic mass is 10.1. The second kappa shape index (κ2) is 7.69. The van der Waals surface area contributed by atoms with Gasteiger partial charge in [0, 0.05) is 12.5 Å². The van der Waals surface area contributed by atoms with Crippen LogP contribution in [0, 0.1) is 0 Å². The predicted octanol–water partition coefficient (Wildman–Crippen LogP) is 1.95. The maximum Gasteiger partial charge on any atom is 0.220 e. The molecule has 0 aromatic heterocycles. The van der Waals surface area contributed by atoms with Crippen molar-refractivity contribution in [1.82, 2.24) is 5.32 Å². The highest BCUT2D eigenvalue weighted by atomic mass is 16.1. The van der Waals surface area contributed by atoms with Gasteiger partial charge in [-0.25, -0.2) is 0 Å². The van der Waals surface area contributed by atoms with E-state index in [1.807, 2.05) is 0 Å². The van der Waals surface area contributed by atoms with Crippen LogP contribution in [0.5, 0.6) is 0 Å². The highest BCUT2D eigenvalue weighted by Crippen LogP contribution is 2.17. The molecule has 0 radical (unpaired) electrons. The van der Waals surface area contributed by atoms with E-state index >= 15 is 0 Å². The molecule has 1 fully saturated rings. The van der Waals surface area contributed by atoms with Gasteiger partial charge in [-0.3, -0.25) is 4.79 Å². The van der Waals surface area contributed by atoms with Crippen LogP contribution in [0.2, 0.25) is 0 Å². The molecule has 3 nitrogen and oxygen atoms in total. The fourth-order valence-electron chi connectivity index (χ4n) is 2.15. The van der Waals surface area contributed by atoms with Gasteiger partial charge in [0.2, 0.25) is 5.91 Å². The lowest BCUT2D eigenvalue weighted by Gasteiger charge is -2.15. The summed E-state index contributed by atoms with van der Waals surface area (Å²) < 4.78 is 0. The summed E-state index contributed by atoms with van der Waals surface area (Å²) in [6.45, 7) is 0.691. The number of carbonyl (C=O) groups is 1. The molecular weight excluding hydrogens is 188 g/mol. The number of rotatable bonds is 5. The van der Waals surface area contributed by atoms with Gasteiger partial charge < -0.3 is 11.1 Å². The summed E-state index contributed by atoms with van der Waals surface area (Å²) in [6, 6.07) is 0.442. The first-order chi connectivity index (χ1) is 7.33. The maximum absolute atomic E-state index is 11.5. The molecule has 0 aliphatic heterocycles. The van der Waals surface area contributed by atoms with Crippen molar-refractivity contribution >= 4 is 5.91 Å². The number of nitrogens with one attached hydrogen (secondary N) is 1. The van der Waals surface area contributed by atoms with E-state index in [2.05, 4.69) is 5.32 Å². The number of hydrogen-bond acceptors (Lipinski definition) is 2. The number of carbonyl (C=O) groups excluding carboxylic acids is 1. The molecule has 1 aliphatic rings. The van der Waals surface area contributed by atoms with Gasteiger partial charge in [-0.05, 0) is 32.2 Å². The molecule has 1 amide bonds. The van der Waals surface area contributed by atoms with Crippen LogP contribution in [0.25, 0.3) is 0 Å². The van der Waals surface area contributed by atoms with Crippen LogP contribution < -0.4 is 11.1 Å². The average molecular weight is 212 g/mol. The van der Waals surface area contributed by atoms with Crippen LogP contribution in [-0.4, -0.2) is 18.5 Å². The molecule has 0 bridgehead atoms. The minimum absolute atomic E-state index is 0.218. The van der Waals surface area contributed by atoms with E-state index in [4.69, 9.17) is 5.73 Å². The van der Waals surface area contributed by atoms with Crippen LogP contribution in [0.3, 0.4) is 0 Å². The Morgan fingerprint density at radius 3 is 2.40 bits per heavy atom. The number of hydrogen-bond donors (Lipinski definition) is 2. The van der Waals surface area contributed by atoms with Crippen molar-refractivity contribution in [1.29, 1.82) is 0 Å². The Labute approximate surface area is 92.8 Å². The Bertz CT molecular complexity index is 174. The van der Waals surface area contributed by atoms with Crippen molar-refractivity contribution in [2.45, 2.75) is 63.8 Å². The third-order valence-electron chi connectivity index (χ3n) is 3.08. The molecule has 1 saturated carbocycles. The Hall–Kier alpha value is -0.570. The first-order valence-corrected chi connectivity index (χ1v) is 6.32. The van der Waals surface area contributed by atoms with Gasteiger partial charge in [-0.2, -0.15) is 0 Å². The second-order valence-electron chi connectivity index (χ2n) is 4.50. The van der Waals surface area contributed by atoms with Crippen molar-refractivity contribution in [3.05, 3.63) is 0 Å². The molecule has 0 heterocycles. The molecule has 88 valence electrons. The zero-order valence-electron chi connectivity index (χ0n) is 9.63. The van der Waals surface area contributed by atoms with Gasteiger partial charge in [0.05, 0.1) is 0 Å². The van der Waals surface area contributed by atoms with E-state index in [9.17, 15) is 4.79 Å². The van der Waals surface area contributed by atoms with Crippen LogP contribution >= 0.6 is 0 Å². The summed E-state index contributed by atoms with van der Waals surface area (Å²) in [6.07, 6.45) is 10.1. The summed E-state index contributed by atoms with van der Waals surface area (Å²) >= 11 is 0. The van der Waals surface area contributed by atoms with E-state index in [1.165, 1.54) is 38.5 Å². The molecule has 3 heteroatoms. The molecule has 0 saturated heterocycles. The molecule has 0 atom stereocenters. The molecule has 15 heavy (non-hydrogen) atoms. The van der Waals surface area contributed by atoms with Gasteiger partial charge >= 0.3 is 0 Å². The third-order valence-corrected chi connectivity index (χ3v) is 3.08. The van der Waals surface area contributed by atoms with Gasteiger partial charge in [0.25, 0.3) is 0 Å². The summed E-state index contributed by atoms with van der Waals surface area (Å²) in [5, 5.41) is 3.14. The SMILES string of the molecule is NCCCCC(=O)NC1CCCCCC1. The van der Waals surface area contributed by atoms with Crippen LogP contribution in [0.1, 0.15) is 57.8 Å². The number of unbranched alkanes of at least 4 members (excludes halogenated alkanes) is 1. The summed E-state index contributed by atoms with van der Waals surface area (Å²) in [5.74, 6) is 0.218. The zero-order chi connectivity index (χ0) is 10.9. The Morgan fingerprint density at radius 2 is 1.80 bits per heavy atom. The van der Waals surface area contributed by atoms with E-state index in [0.717, 1.165) is 12.8 Å². The van der Waals surface area contributed by atoms with E-state index in [0.29, 0.717) is 19.0 Å². The summed E-state index contributed by atoms with van der Waals surface area (Å²) in [5.41, 5.74) is 5.39. The molecule has 0 aromatic carbocycles. The number of nitrogens with two attached hydrogens (primary N) is 1. The van der Waals surface area contributed by atoms with Gasteiger partial charge in [-0.15, -0.1) is 0 Å². The second-order valence-corrected chi connectivity index (χ2v) is 4.50. The number of amides is 1. The minimum Gasteiger partial charge on any atom is -0.353 e. The fourth-order valence-corrected chi connectivity index (χ4v) is 2.15. The summed E-state index contributed by atoms with van der Waals surface area (Å²) in [4.78, 5) is 11.5. The van der Waals surface area contributed by atoms with Crippen LogP contribution in [-0.2, 0) is 4.79 Å². The normalized spacial score (nSPS) is 18.5. The van der Waals surface area contributed by atoms with Gasteiger partial charge in [0.1, 0.15) is 0 Å². The van der Waals surface area contributed by atoms with Crippen LogP contribution in [0.15, 0.2) is 0 Å². The average Bonchev–Trinajstić information content (AvgIpc) is 2.47. The van der Waals surface area contributed by atoms with Gasteiger partial charge in [0.15, 0.2) is 0 Å². The Kier molecular flexibility index (Phi) is 6.41. The monoisotopic (exact) mass is 212 g/mol. The van der Waals surface area contributed by atoms with Crippen LogP contribution in [0.4, 0.5) is 0 Å². The Morgan fingerprint density at radius 1 is 1.13 bits per heavy atom. The van der Waals surface area contributed by atoms with E-state index in [1.54, 1.807) is 0 Å². The molecule has 1 rings (SSSR count). The van der Waals surface area contributed by atoms with E-state index < -0.39 is 0 Å². The highest BCUT2D eigenvalue weighted by molar-refractivity contribution is 5.76. The lowest BCUT2D eigenvalue weighted by Crippen LogP contribution is -2.34. The molecule has 0 aromatic rings. The van der Waals surface area contributed by atoms with Gasteiger partial charge in [-0.1, -0.05) is 25.7 Å². The molecule has 1 aliphatic carbocycles. The maximum atomic E-state index is 11.5. The Balaban J connectivity index is 2.12. The summed E-state index contributed by atoms with van der Waals surface area (Å²) in [7, 11) is 0. The van der Waals surface area contributed by atoms with E-state index in [-0.39, 0.29) is 5.91 Å². The van der Waals surface area contributed by atoms with Crippen molar-refractivity contribution < 1.29 is 4.79 Å². The minimum atomic E-state index is 0.218. The molecular formula is C12H24N2O.